The molecule has 0 unspecified atom stereocenters. The fraction of sp³-hybridized carbons (Fsp3) is 0.727. The molecule has 6 heteroatoms. The van der Waals surface area contributed by atoms with Gasteiger partial charge in [0.1, 0.15) is 0 Å². The topological polar surface area (TPSA) is 59.0 Å². The minimum Gasteiger partial charge on any atom is -0.465 e. The van der Waals surface area contributed by atoms with Crippen LogP contribution in [0.25, 0.3) is 0 Å². The highest BCUT2D eigenvalue weighted by atomic mass is 16.6. The van der Waals surface area contributed by atoms with E-state index >= 15 is 0 Å². The SMILES string of the molecule is CC1(C)COB(C2=CCN(C(=O)O)CC2)OC1. The summed E-state index contributed by atoms with van der Waals surface area (Å²) in [5.74, 6) is 0. The molecule has 1 N–H and O–H groups in total. The van der Waals surface area contributed by atoms with Gasteiger partial charge in [-0.3, -0.25) is 0 Å². The smallest absolute Gasteiger partial charge is 0.465 e. The fourth-order valence-corrected chi connectivity index (χ4v) is 1.98. The zero-order valence-corrected chi connectivity index (χ0v) is 10.3. The van der Waals surface area contributed by atoms with Gasteiger partial charge < -0.3 is 19.3 Å². The van der Waals surface area contributed by atoms with E-state index in [2.05, 4.69) is 13.8 Å². The van der Waals surface area contributed by atoms with Crippen molar-refractivity contribution in [3.63, 3.8) is 0 Å². The average Bonchev–Trinajstić information content (AvgIpc) is 2.29. The number of hydrogen-bond acceptors (Lipinski definition) is 3. The molecule has 0 spiro atoms. The summed E-state index contributed by atoms with van der Waals surface area (Å²) in [4.78, 5) is 12.1. The molecule has 1 saturated heterocycles. The Labute approximate surface area is 102 Å². The molecule has 0 aliphatic carbocycles. The van der Waals surface area contributed by atoms with Gasteiger partial charge in [-0.1, -0.05) is 19.9 Å². The summed E-state index contributed by atoms with van der Waals surface area (Å²) in [5.41, 5.74) is 1.14. The van der Waals surface area contributed by atoms with Gasteiger partial charge in [0, 0.05) is 31.7 Å². The molecule has 2 aliphatic heterocycles. The largest absolute Gasteiger partial charge is 0.489 e. The van der Waals surface area contributed by atoms with Crippen LogP contribution in [0.1, 0.15) is 20.3 Å². The van der Waals surface area contributed by atoms with Gasteiger partial charge in [0.15, 0.2) is 0 Å². The van der Waals surface area contributed by atoms with E-state index in [1.54, 1.807) is 0 Å². The number of carbonyl (C=O) groups is 1. The first kappa shape index (κ1) is 12.5. The van der Waals surface area contributed by atoms with Crippen LogP contribution < -0.4 is 0 Å². The van der Waals surface area contributed by atoms with E-state index in [0.29, 0.717) is 32.7 Å². The highest BCUT2D eigenvalue weighted by molar-refractivity contribution is 6.53. The quantitative estimate of drug-likeness (QED) is 0.702. The van der Waals surface area contributed by atoms with E-state index < -0.39 is 6.09 Å². The molecule has 1 fully saturated rings. The Kier molecular flexibility index (Phi) is 3.44. The summed E-state index contributed by atoms with van der Waals surface area (Å²) in [6.45, 7) is 6.51. The Morgan fingerprint density at radius 2 is 2.12 bits per heavy atom. The predicted octanol–water partition coefficient (Wildman–Crippen LogP) is 1.40. The van der Waals surface area contributed by atoms with Gasteiger partial charge in [0.25, 0.3) is 0 Å². The lowest BCUT2D eigenvalue weighted by Crippen LogP contribution is -2.44. The van der Waals surface area contributed by atoms with Crippen LogP contribution in [0.15, 0.2) is 11.5 Å². The molecule has 0 aromatic carbocycles. The Balaban J connectivity index is 1.90. The molecule has 94 valence electrons. The van der Waals surface area contributed by atoms with Crippen LogP contribution in [-0.4, -0.2) is 49.5 Å². The molecule has 2 heterocycles. The highest BCUT2D eigenvalue weighted by Gasteiger charge is 2.35. The predicted molar refractivity (Wildman–Crippen MR) is 63.7 cm³/mol. The second-order valence-electron chi connectivity index (χ2n) is 5.38. The number of carboxylic acid groups (broad SMARTS) is 1. The normalized spacial score (nSPS) is 24.5. The summed E-state index contributed by atoms with van der Waals surface area (Å²) >= 11 is 0. The molecule has 0 saturated carbocycles. The lowest BCUT2D eigenvalue weighted by molar-refractivity contribution is 0.0313. The van der Waals surface area contributed by atoms with Crippen molar-refractivity contribution < 1.29 is 19.2 Å². The van der Waals surface area contributed by atoms with Gasteiger partial charge in [-0.2, -0.15) is 0 Å². The molecule has 17 heavy (non-hydrogen) atoms. The van der Waals surface area contributed by atoms with E-state index in [1.807, 2.05) is 6.08 Å². The summed E-state index contributed by atoms with van der Waals surface area (Å²) in [5, 5.41) is 8.84. The third kappa shape index (κ3) is 3.01. The van der Waals surface area contributed by atoms with Crippen molar-refractivity contribution in [2.24, 2.45) is 5.41 Å². The van der Waals surface area contributed by atoms with Gasteiger partial charge in [-0.25, -0.2) is 4.79 Å². The highest BCUT2D eigenvalue weighted by Crippen LogP contribution is 2.26. The lowest BCUT2D eigenvalue weighted by Gasteiger charge is -2.35. The average molecular weight is 239 g/mol. The van der Waals surface area contributed by atoms with Gasteiger partial charge >= 0.3 is 13.2 Å². The zero-order chi connectivity index (χ0) is 12.5. The molecule has 0 aromatic heterocycles. The van der Waals surface area contributed by atoms with Crippen molar-refractivity contribution in [1.82, 2.24) is 4.90 Å². The standard InChI is InChI=1S/C11H18BNO4/c1-11(2)7-16-12(17-8-11)9-3-5-13(6-4-9)10(14)15/h3H,4-8H2,1-2H3,(H,14,15). The Hall–Kier alpha value is -1.01. The fourth-order valence-electron chi connectivity index (χ4n) is 1.98. The number of nitrogens with zero attached hydrogens (tertiary/aromatic N) is 1. The third-order valence-electron chi connectivity index (χ3n) is 3.07. The molecule has 0 bridgehead atoms. The van der Waals surface area contributed by atoms with E-state index in [4.69, 9.17) is 14.4 Å². The lowest BCUT2D eigenvalue weighted by atomic mass is 9.72. The van der Waals surface area contributed by atoms with Crippen LogP contribution >= 0.6 is 0 Å². The number of amides is 1. The minimum absolute atomic E-state index is 0.0683. The van der Waals surface area contributed by atoms with Gasteiger partial charge in [-0.05, 0) is 11.9 Å². The van der Waals surface area contributed by atoms with Crippen molar-refractivity contribution in [2.45, 2.75) is 20.3 Å². The number of rotatable bonds is 1. The molecular formula is C11H18BNO4. The molecular weight excluding hydrogens is 221 g/mol. The van der Waals surface area contributed by atoms with Crippen LogP contribution in [0, 0.1) is 5.41 Å². The molecule has 5 nitrogen and oxygen atoms in total. The van der Waals surface area contributed by atoms with Crippen LogP contribution in [0.2, 0.25) is 0 Å². The molecule has 0 radical (unpaired) electrons. The molecule has 1 amide bonds. The van der Waals surface area contributed by atoms with Crippen molar-refractivity contribution in [2.75, 3.05) is 26.3 Å². The first-order chi connectivity index (χ1) is 7.98. The summed E-state index contributed by atoms with van der Waals surface area (Å²) in [6, 6.07) is 0. The molecule has 0 atom stereocenters. The minimum atomic E-state index is -0.869. The Morgan fingerprint density at radius 3 is 2.59 bits per heavy atom. The second kappa shape index (κ2) is 4.70. The maximum Gasteiger partial charge on any atom is 0.489 e. The zero-order valence-electron chi connectivity index (χ0n) is 10.3. The summed E-state index contributed by atoms with van der Waals surface area (Å²) < 4.78 is 11.3. The van der Waals surface area contributed by atoms with E-state index in [9.17, 15) is 4.79 Å². The van der Waals surface area contributed by atoms with E-state index in [-0.39, 0.29) is 12.5 Å². The van der Waals surface area contributed by atoms with Crippen LogP contribution in [0.5, 0.6) is 0 Å². The van der Waals surface area contributed by atoms with E-state index in [1.165, 1.54) is 4.90 Å². The Morgan fingerprint density at radius 1 is 1.47 bits per heavy atom. The van der Waals surface area contributed by atoms with Crippen LogP contribution in [-0.2, 0) is 9.31 Å². The van der Waals surface area contributed by atoms with Crippen molar-refractivity contribution in [3.8, 4) is 0 Å². The van der Waals surface area contributed by atoms with Crippen molar-refractivity contribution in [1.29, 1.82) is 0 Å². The summed E-state index contributed by atoms with van der Waals surface area (Å²) in [7, 11) is -0.279. The van der Waals surface area contributed by atoms with Gasteiger partial charge in [0.05, 0.1) is 0 Å². The Bertz CT molecular complexity index is 332. The number of hydrogen-bond donors (Lipinski definition) is 1. The summed E-state index contributed by atoms with van der Waals surface area (Å²) in [6.07, 6.45) is 1.73. The molecule has 2 rings (SSSR count). The van der Waals surface area contributed by atoms with Gasteiger partial charge in [0.2, 0.25) is 0 Å². The van der Waals surface area contributed by atoms with Gasteiger partial charge in [-0.15, -0.1) is 0 Å². The maximum atomic E-state index is 10.8. The van der Waals surface area contributed by atoms with Crippen molar-refractivity contribution >= 4 is 13.2 Å². The maximum absolute atomic E-state index is 10.8. The second-order valence-corrected chi connectivity index (χ2v) is 5.38. The molecule has 0 aromatic rings. The first-order valence-electron chi connectivity index (χ1n) is 5.88. The third-order valence-corrected chi connectivity index (χ3v) is 3.07. The molecule has 2 aliphatic rings. The van der Waals surface area contributed by atoms with E-state index in [0.717, 1.165) is 5.47 Å². The first-order valence-corrected chi connectivity index (χ1v) is 5.88. The van der Waals surface area contributed by atoms with Crippen LogP contribution in [0.4, 0.5) is 4.79 Å². The van der Waals surface area contributed by atoms with Crippen molar-refractivity contribution in [3.05, 3.63) is 11.5 Å². The van der Waals surface area contributed by atoms with Crippen LogP contribution in [0.3, 0.4) is 0 Å². The monoisotopic (exact) mass is 239 g/mol.